The molecule has 14 heteroatoms. The smallest absolute Gasteiger partial charge is 0.407 e. The zero-order valence-electron chi connectivity index (χ0n) is 21.1. The van der Waals surface area contributed by atoms with Crippen molar-refractivity contribution in [1.82, 2.24) is 26.2 Å². The first kappa shape index (κ1) is 31.0. The Morgan fingerprint density at radius 1 is 0.972 bits per heavy atom. The molecule has 1 rings (SSSR count). The number of nitrogens with zero attached hydrogens (tertiary/aromatic N) is 1. The second-order valence-corrected chi connectivity index (χ2v) is 8.80. The Morgan fingerprint density at radius 2 is 1.64 bits per heavy atom. The maximum absolute atomic E-state index is 12.5. The summed E-state index contributed by atoms with van der Waals surface area (Å²) in [6.45, 7) is 4.41. The van der Waals surface area contributed by atoms with Crippen molar-refractivity contribution in [2.45, 2.75) is 57.2 Å². The average Bonchev–Trinajstić information content (AvgIpc) is 3.11. The van der Waals surface area contributed by atoms with Gasteiger partial charge in [-0.2, -0.15) is 11.8 Å². The first-order valence-corrected chi connectivity index (χ1v) is 13.3. The van der Waals surface area contributed by atoms with E-state index in [1.165, 1.54) is 11.8 Å². The monoisotopic (exact) mass is 531 g/mol. The number of hydrogen-bond donors (Lipinski definition) is 4. The fourth-order valence-electron chi connectivity index (χ4n) is 3.31. The number of alkyl carbamates (subject to hydrolysis) is 2. The van der Waals surface area contributed by atoms with E-state index in [1.54, 1.807) is 20.1 Å². The van der Waals surface area contributed by atoms with Gasteiger partial charge in [-0.1, -0.05) is 0 Å². The fourth-order valence-corrected chi connectivity index (χ4v) is 3.95. The summed E-state index contributed by atoms with van der Waals surface area (Å²) in [5.41, 5.74) is 0. The molecule has 2 unspecified atom stereocenters. The molecule has 4 N–H and O–H groups in total. The largest absolute Gasteiger partial charge is 0.450 e. The van der Waals surface area contributed by atoms with E-state index in [4.69, 9.17) is 9.47 Å². The maximum Gasteiger partial charge on any atom is 0.407 e. The molecule has 0 spiro atoms. The Labute approximate surface area is 215 Å². The van der Waals surface area contributed by atoms with Crippen molar-refractivity contribution < 1.29 is 38.2 Å². The second kappa shape index (κ2) is 17.4. The number of ether oxygens (including phenoxy) is 2. The van der Waals surface area contributed by atoms with Gasteiger partial charge in [-0.3, -0.25) is 24.1 Å². The topological polar surface area (TPSA) is 172 Å². The first-order valence-electron chi connectivity index (χ1n) is 12.0. The van der Waals surface area contributed by atoms with Gasteiger partial charge in [-0.15, -0.1) is 0 Å². The van der Waals surface area contributed by atoms with Gasteiger partial charge in [0.15, 0.2) is 0 Å². The Balaban J connectivity index is 2.36. The predicted octanol–water partition coefficient (Wildman–Crippen LogP) is 0.131. The number of amides is 6. The van der Waals surface area contributed by atoms with E-state index in [9.17, 15) is 28.8 Å². The summed E-state index contributed by atoms with van der Waals surface area (Å²) in [5.74, 6) is -1.35. The minimum absolute atomic E-state index is 0.0173. The minimum Gasteiger partial charge on any atom is -0.450 e. The molecule has 1 aliphatic heterocycles. The van der Waals surface area contributed by atoms with Gasteiger partial charge in [0.1, 0.15) is 6.04 Å². The molecule has 6 amide bonds. The van der Waals surface area contributed by atoms with E-state index in [-0.39, 0.29) is 68.7 Å². The van der Waals surface area contributed by atoms with Crippen LogP contribution in [0.15, 0.2) is 0 Å². The molecular weight excluding hydrogens is 494 g/mol. The number of nitrogens with one attached hydrogen (secondary N) is 4. The lowest BCUT2D eigenvalue weighted by Crippen LogP contribution is -2.48. The first-order chi connectivity index (χ1) is 17.2. The summed E-state index contributed by atoms with van der Waals surface area (Å²) < 4.78 is 9.62. The highest BCUT2D eigenvalue weighted by Crippen LogP contribution is 2.22. The van der Waals surface area contributed by atoms with Crippen molar-refractivity contribution in [3.63, 3.8) is 0 Å². The molecule has 1 saturated heterocycles. The molecule has 0 saturated carbocycles. The molecule has 0 aromatic carbocycles. The quantitative estimate of drug-likeness (QED) is 0.159. The third kappa shape index (κ3) is 11.6. The summed E-state index contributed by atoms with van der Waals surface area (Å²) in [4.78, 5) is 72.8. The van der Waals surface area contributed by atoms with E-state index < -0.39 is 24.1 Å². The van der Waals surface area contributed by atoms with E-state index in [1.807, 2.05) is 0 Å². The predicted molar refractivity (Wildman–Crippen MR) is 132 cm³/mol. The standard InChI is InChI=1S/C22H37N5O8S/c1-4-34-21(32)25-10-7-6-8-15(26-22(33)35-5-2)19(30)24-12-11-23-17(28)9-13-27-18(29)14-16(36-3)20(27)31/h15-16H,4-14H2,1-3H3,(H,23,28)(H,24,30)(H,25,32)(H,26,33). The van der Waals surface area contributed by atoms with E-state index in [2.05, 4.69) is 21.3 Å². The molecule has 0 bridgehead atoms. The van der Waals surface area contributed by atoms with Gasteiger partial charge in [0, 0.05) is 39.0 Å². The Hall–Kier alpha value is -3.03. The number of rotatable bonds is 16. The van der Waals surface area contributed by atoms with E-state index in [0.717, 1.165) is 4.90 Å². The third-order valence-electron chi connectivity index (χ3n) is 5.14. The lowest BCUT2D eigenvalue weighted by molar-refractivity contribution is -0.138. The van der Waals surface area contributed by atoms with Crippen LogP contribution in [0.4, 0.5) is 9.59 Å². The number of thioether (sulfide) groups is 1. The zero-order chi connectivity index (χ0) is 26.9. The highest BCUT2D eigenvalue weighted by Gasteiger charge is 2.37. The van der Waals surface area contributed by atoms with Crippen molar-refractivity contribution in [3.05, 3.63) is 0 Å². The van der Waals surface area contributed by atoms with E-state index >= 15 is 0 Å². The minimum atomic E-state index is -0.848. The molecule has 0 aromatic rings. The fraction of sp³-hybridized carbons (Fsp3) is 0.727. The molecule has 204 valence electrons. The number of likely N-dealkylation sites (tertiary alicyclic amines) is 1. The van der Waals surface area contributed by atoms with Crippen LogP contribution in [-0.2, 0) is 28.7 Å². The number of carbonyl (C=O) groups is 6. The van der Waals surface area contributed by atoms with Gasteiger partial charge in [-0.25, -0.2) is 9.59 Å². The second-order valence-electron chi connectivity index (χ2n) is 7.76. The molecule has 1 heterocycles. The molecule has 1 fully saturated rings. The van der Waals surface area contributed by atoms with Crippen molar-refractivity contribution in [1.29, 1.82) is 0 Å². The Kier molecular flexibility index (Phi) is 15.0. The molecule has 36 heavy (non-hydrogen) atoms. The van der Waals surface area contributed by atoms with Crippen LogP contribution in [0, 0.1) is 0 Å². The van der Waals surface area contributed by atoms with Gasteiger partial charge in [0.05, 0.1) is 18.5 Å². The summed E-state index contributed by atoms with van der Waals surface area (Å²) in [6.07, 6.45) is 2.08. The highest BCUT2D eigenvalue weighted by molar-refractivity contribution is 8.00. The number of hydrogen-bond acceptors (Lipinski definition) is 9. The average molecular weight is 532 g/mol. The van der Waals surface area contributed by atoms with Crippen LogP contribution < -0.4 is 21.3 Å². The molecule has 13 nitrogen and oxygen atoms in total. The molecule has 1 aliphatic rings. The van der Waals surface area contributed by atoms with Crippen molar-refractivity contribution in [3.8, 4) is 0 Å². The summed E-state index contributed by atoms with van der Waals surface area (Å²) in [5, 5.41) is 9.98. The third-order valence-corrected chi connectivity index (χ3v) is 6.08. The van der Waals surface area contributed by atoms with Crippen LogP contribution in [0.1, 0.15) is 46.0 Å². The normalized spacial score (nSPS) is 15.8. The highest BCUT2D eigenvalue weighted by atomic mass is 32.2. The summed E-state index contributed by atoms with van der Waals surface area (Å²) in [6, 6.07) is -0.848. The molecule has 2 atom stereocenters. The van der Waals surface area contributed by atoms with Crippen molar-refractivity contribution in [2.75, 3.05) is 45.6 Å². The van der Waals surface area contributed by atoms with Crippen LogP contribution in [0.3, 0.4) is 0 Å². The van der Waals surface area contributed by atoms with Crippen molar-refractivity contribution in [2.24, 2.45) is 0 Å². The molecule has 0 aliphatic carbocycles. The Bertz CT molecular complexity index is 782. The zero-order valence-corrected chi connectivity index (χ0v) is 21.9. The van der Waals surface area contributed by atoms with Crippen LogP contribution in [0.5, 0.6) is 0 Å². The van der Waals surface area contributed by atoms with Gasteiger partial charge >= 0.3 is 12.2 Å². The van der Waals surface area contributed by atoms with Gasteiger partial charge in [0.25, 0.3) is 0 Å². The van der Waals surface area contributed by atoms with Crippen LogP contribution in [-0.4, -0.2) is 97.7 Å². The molecule has 0 radical (unpaired) electrons. The summed E-state index contributed by atoms with van der Waals surface area (Å²) >= 11 is 1.31. The maximum atomic E-state index is 12.5. The number of unbranched alkanes of at least 4 members (excludes halogenated alkanes) is 1. The SMILES string of the molecule is CCOC(=O)NCCCCC(NC(=O)OCC)C(=O)NCCNC(=O)CCN1C(=O)CC(SC)C1=O. The van der Waals surface area contributed by atoms with Crippen LogP contribution in [0.25, 0.3) is 0 Å². The van der Waals surface area contributed by atoms with Crippen molar-refractivity contribution >= 4 is 47.6 Å². The molecular formula is C22H37N5O8S. The number of carbonyl (C=O) groups excluding carboxylic acids is 6. The van der Waals surface area contributed by atoms with Crippen LogP contribution >= 0.6 is 11.8 Å². The van der Waals surface area contributed by atoms with Gasteiger partial charge in [0.2, 0.25) is 23.6 Å². The van der Waals surface area contributed by atoms with Gasteiger partial charge < -0.3 is 30.7 Å². The van der Waals surface area contributed by atoms with E-state index in [0.29, 0.717) is 25.8 Å². The number of imide groups is 1. The Morgan fingerprint density at radius 3 is 2.28 bits per heavy atom. The molecule has 0 aromatic heterocycles. The van der Waals surface area contributed by atoms with Crippen LogP contribution in [0.2, 0.25) is 0 Å². The summed E-state index contributed by atoms with van der Waals surface area (Å²) in [7, 11) is 0. The lowest BCUT2D eigenvalue weighted by Gasteiger charge is -2.18. The lowest BCUT2D eigenvalue weighted by atomic mass is 10.1. The van der Waals surface area contributed by atoms with Gasteiger partial charge in [-0.05, 0) is 39.4 Å².